The fourth-order valence-corrected chi connectivity index (χ4v) is 2.30. The number of carbonyl (C=O) groups excluding carboxylic acids is 1. The van der Waals surface area contributed by atoms with E-state index in [4.69, 9.17) is 0 Å². The molecular weight excluding hydrogens is 258 g/mol. The number of hydrogen-bond donors (Lipinski definition) is 2. The predicted molar refractivity (Wildman–Crippen MR) is 71.1 cm³/mol. The van der Waals surface area contributed by atoms with E-state index in [-0.39, 0.29) is 11.9 Å². The standard InChI is InChI=1S/C12H15N7O/c20-11(10-7-15-18-17-10)16-9-3-1-6-19(8-9)12-13-4-2-5-14-12/h2,4-5,7,9H,1,3,6,8H2,(H,16,20)(H,15,17,18). The summed E-state index contributed by atoms with van der Waals surface area (Å²) in [5.41, 5.74) is 0.304. The first-order chi connectivity index (χ1) is 9.83. The molecule has 3 rings (SSSR count). The van der Waals surface area contributed by atoms with Gasteiger partial charge in [-0.1, -0.05) is 0 Å². The number of hydrogen-bond acceptors (Lipinski definition) is 6. The summed E-state index contributed by atoms with van der Waals surface area (Å²) < 4.78 is 0. The highest BCUT2D eigenvalue weighted by Crippen LogP contribution is 2.15. The molecule has 104 valence electrons. The highest BCUT2D eigenvalue weighted by atomic mass is 16.2. The number of aromatic amines is 1. The minimum absolute atomic E-state index is 0.0664. The minimum atomic E-state index is -0.209. The summed E-state index contributed by atoms with van der Waals surface area (Å²) in [5.74, 6) is 0.493. The molecule has 0 aliphatic carbocycles. The summed E-state index contributed by atoms with van der Waals surface area (Å²) in [6, 6.07) is 1.86. The van der Waals surface area contributed by atoms with Gasteiger partial charge in [-0.25, -0.2) is 9.97 Å². The number of amides is 1. The van der Waals surface area contributed by atoms with Gasteiger partial charge in [-0.15, -0.1) is 0 Å². The van der Waals surface area contributed by atoms with Crippen molar-refractivity contribution in [2.45, 2.75) is 18.9 Å². The van der Waals surface area contributed by atoms with Crippen LogP contribution in [-0.4, -0.2) is 50.4 Å². The number of rotatable bonds is 3. The second-order valence-electron chi connectivity index (χ2n) is 4.66. The summed E-state index contributed by atoms with van der Waals surface area (Å²) in [6.07, 6.45) is 6.78. The first-order valence-electron chi connectivity index (χ1n) is 6.51. The van der Waals surface area contributed by atoms with Crippen molar-refractivity contribution in [3.05, 3.63) is 30.4 Å². The van der Waals surface area contributed by atoms with Gasteiger partial charge in [-0.2, -0.15) is 15.4 Å². The summed E-state index contributed by atoms with van der Waals surface area (Å²) >= 11 is 0. The monoisotopic (exact) mass is 273 g/mol. The Morgan fingerprint density at radius 1 is 1.40 bits per heavy atom. The Morgan fingerprint density at radius 3 is 3.00 bits per heavy atom. The van der Waals surface area contributed by atoms with Crippen molar-refractivity contribution in [1.82, 2.24) is 30.7 Å². The van der Waals surface area contributed by atoms with Crippen LogP contribution >= 0.6 is 0 Å². The molecule has 0 radical (unpaired) electrons. The summed E-state index contributed by atoms with van der Waals surface area (Å²) in [6.45, 7) is 1.61. The predicted octanol–water partition coefficient (Wildman–Crippen LogP) is -0.00650. The Hall–Kier alpha value is -2.51. The van der Waals surface area contributed by atoms with Gasteiger partial charge in [-0.05, 0) is 18.9 Å². The van der Waals surface area contributed by atoms with Gasteiger partial charge in [-0.3, -0.25) is 4.79 Å². The fraction of sp³-hybridized carbons (Fsp3) is 0.417. The number of anilines is 1. The summed E-state index contributed by atoms with van der Waals surface area (Å²) in [5, 5.41) is 12.8. The van der Waals surface area contributed by atoms with E-state index in [0.717, 1.165) is 19.4 Å². The maximum absolute atomic E-state index is 11.9. The number of nitrogens with one attached hydrogen (secondary N) is 2. The lowest BCUT2D eigenvalue weighted by Gasteiger charge is -2.32. The van der Waals surface area contributed by atoms with Gasteiger partial charge in [0.2, 0.25) is 5.95 Å². The fourth-order valence-electron chi connectivity index (χ4n) is 2.30. The average molecular weight is 273 g/mol. The number of aromatic nitrogens is 5. The molecule has 1 unspecified atom stereocenters. The van der Waals surface area contributed by atoms with E-state index in [1.807, 2.05) is 0 Å². The molecule has 0 bridgehead atoms. The van der Waals surface area contributed by atoms with Gasteiger partial charge in [0.15, 0.2) is 5.69 Å². The van der Waals surface area contributed by atoms with E-state index in [1.54, 1.807) is 18.5 Å². The van der Waals surface area contributed by atoms with E-state index in [1.165, 1.54) is 6.20 Å². The van der Waals surface area contributed by atoms with Crippen LogP contribution in [0.5, 0.6) is 0 Å². The van der Waals surface area contributed by atoms with Crippen LogP contribution in [0.3, 0.4) is 0 Å². The Labute approximate surface area is 115 Å². The molecule has 1 aliphatic rings. The van der Waals surface area contributed by atoms with Crippen LogP contribution in [-0.2, 0) is 0 Å². The largest absolute Gasteiger partial charge is 0.346 e. The first kappa shape index (κ1) is 12.5. The van der Waals surface area contributed by atoms with Gasteiger partial charge >= 0.3 is 0 Å². The van der Waals surface area contributed by atoms with E-state index in [2.05, 4.69) is 35.6 Å². The smallest absolute Gasteiger partial charge is 0.273 e. The molecule has 3 heterocycles. The molecule has 8 nitrogen and oxygen atoms in total. The highest BCUT2D eigenvalue weighted by Gasteiger charge is 2.23. The van der Waals surface area contributed by atoms with E-state index in [9.17, 15) is 4.79 Å². The second-order valence-corrected chi connectivity index (χ2v) is 4.66. The van der Waals surface area contributed by atoms with Gasteiger partial charge in [0, 0.05) is 31.5 Å². The minimum Gasteiger partial charge on any atom is -0.346 e. The Balaban J connectivity index is 1.62. The van der Waals surface area contributed by atoms with E-state index in [0.29, 0.717) is 18.2 Å². The molecule has 1 fully saturated rings. The molecule has 1 amide bonds. The van der Waals surface area contributed by atoms with Crippen LogP contribution in [0.2, 0.25) is 0 Å². The lowest BCUT2D eigenvalue weighted by Crippen LogP contribution is -2.48. The van der Waals surface area contributed by atoms with Crippen LogP contribution in [0.4, 0.5) is 5.95 Å². The lowest BCUT2D eigenvalue weighted by atomic mass is 10.1. The third-order valence-corrected chi connectivity index (χ3v) is 3.24. The zero-order chi connectivity index (χ0) is 13.8. The SMILES string of the molecule is O=C(NC1CCCN(c2ncccn2)C1)c1cn[nH]n1. The van der Waals surface area contributed by atoms with Crippen LogP contribution in [0, 0.1) is 0 Å². The highest BCUT2D eigenvalue weighted by molar-refractivity contribution is 5.92. The van der Waals surface area contributed by atoms with Crippen molar-refractivity contribution >= 4 is 11.9 Å². The molecule has 1 atom stereocenters. The van der Waals surface area contributed by atoms with Crippen molar-refractivity contribution in [2.24, 2.45) is 0 Å². The third-order valence-electron chi connectivity index (χ3n) is 3.24. The molecule has 0 aromatic carbocycles. The van der Waals surface area contributed by atoms with E-state index >= 15 is 0 Å². The van der Waals surface area contributed by atoms with Crippen molar-refractivity contribution in [2.75, 3.05) is 18.0 Å². The lowest BCUT2D eigenvalue weighted by molar-refractivity contribution is 0.0928. The molecule has 0 spiro atoms. The second kappa shape index (κ2) is 5.64. The molecule has 1 aliphatic heterocycles. The molecule has 0 saturated carbocycles. The van der Waals surface area contributed by atoms with Crippen LogP contribution in [0.15, 0.2) is 24.7 Å². The van der Waals surface area contributed by atoms with Crippen molar-refractivity contribution in [1.29, 1.82) is 0 Å². The maximum atomic E-state index is 11.9. The van der Waals surface area contributed by atoms with Crippen LogP contribution in [0.1, 0.15) is 23.3 Å². The third kappa shape index (κ3) is 2.73. The first-order valence-corrected chi connectivity index (χ1v) is 6.51. The maximum Gasteiger partial charge on any atom is 0.273 e. The Kier molecular flexibility index (Phi) is 3.53. The molecule has 2 aromatic rings. The summed E-state index contributed by atoms with van der Waals surface area (Å²) in [4.78, 5) is 22.5. The zero-order valence-electron chi connectivity index (χ0n) is 10.9. The Morgan fingerprint density at radius 2 is 2.25 bits per heavy atom. The number of nitrogens with zero attached hydrogens (tertiary/aromatic N) is 5. The van der Waals surface area contributed by atoms with Gasteiger partial charge in [0.1, 0.15) is 0 Å². The van der Waals surface area contributed by atoms with Crippen molar-refractivity contribution in [3.8, 4) is 0 Å². The molecule has 20 heavy (non-hydrogen) atoms. The zero-order valence-corrected chi connectivity index (χ0v) is 10.9. The number of H-pyrrole nitrogens is 1. The van der Waals surface area contributed by atoms with Crippen LogP contribution < -0.4 is 10.2 Å². The number of piperidine rings is 1. The normalized spacial score (nSPS) is 18.8. The molecular formula is C12H15N7O. The van der Waals surface area contributed by atoms with Gasteiger partial charge in [0.05, 0.1) is 6.20 Å². The van der Waals surface area contributed by atoms with Crippen molar-refractivity contribution < 1.29 is 4.79 Å². The quantitative estimate of drug-likeness (QED) is 0.816. The molecule has 2 aromatic heterocycles. The average Bonchev–Trinajstić information content (AvgIpc) is 3.03. The van der Waals surface area contributed by atoms with Gasteiger partial charge < -0.3 is 10.2 Å². The number of carbonyl (C=O) groups is 1. The molecule has 8 heteroatoms. The molecule has 1 saturated heterocycles. The summed E-state index contributed by atoms with van der Waals surface area (Å²) in [7, 11) is 0. The Bertz CT molecular complexity index is 556. The topological polar surface area (TPSA) is 99.7 Å². The van der Waals surface area contributed by atoms with E-state index < -0.39 is 0 Å². The van der Waals surface area contributed by atoms with Crippen LogP contribution in [0.25, 0.3) is 0 Å². The van der Waals surface area contributed by atoms with Gasteiger partial charge in [0.25, 0.3) is 5.91 Å². The molecule has 2 N–H and O–H groups in total. The van der Waals surface area contributed by atoms with Crippen molar-refractivity contribution in [3.63, 3.8) is 0 Å².